The molecule has 1 aliphatic rings. The molecule has 4 nitrogen and oxygen atoms in total. The van der Waals surface area contributed by atoms with Gasteiger partial charge in [0, 0.05) is 24.2 Å². The summed E-state index contributed by atoms with van der Waals surface area (Å²) in [4.78, 5) is 17.5. The molecule has 150 valence electrons. The Bertz CT molecular complexity index is 994. The van der Waals surface area contributed by atoms with Gasteiger partial charge in [0.2, 0.25) is 5.91 Å². The number of rotatable bonds is 5. The number of hydrogen-bond donors (Lipinski definition) is 1. The van der Waals surface area contributed by atoms with Crippen LogP contribution in [0.15, 0.2) is 53.9 Å². The fourth-order valence-electron chi connectivity index (χ4n) is 3.75. The van der Waals surface area contributed by atoms with Crippen molar-refractivity contribution in [1.29, 1.82) is 0 Å². The van der Waals surface area contributed by atoms with Crippen LogP contribution in [-0.4, -0.2) is 24.1 Å². The Morgan fingerprint density at radius 2 is 1.97 bits per heavy atom. The largest absolute Gasteiger partial charge is 0.381 e. The van der Waals surface area contributed by atoms with Gasteiger partial charge in [-0.25, -0.2) is 9.37 Å². The summed E-state index contributed by atoms with van der Waals surface area (Å²) in [6.45, 7) is 3.17. The SMILES string of the molecule is Cc1cccc(-c2nc(CC(=O)NC3(c4ccc(F)cc4)CCOCC3)cs2)c1. The summed E-state index contributed by atoms with van der Waals surface area (Å²) in [6.07, 6.45) is 1.54. The smallest absolute Gasteiger partial charge is 0.226 e. The minimum atomic E-state index is -0.529. The van der Waals surface area contributed by atoms with E-state index in [1.54, 1.807) is 23.5 Å². The lowest BCUT2D eigenvalue weighted by Crippen LogP contribution is -2.50. The predicted molar refractivity (Wildman–Crippen MR) is 112 cm³/mol. The van der Waals surface area contributed by atoms with E-state index in [4.69, 9.17) is 4.74 Å². The molecule has 0 bridgehead atoms. The average Bonchev–Trinajstić information content (AvgIpc) is 3.17. The molecule has 0 radical (unpaired) electrons. The lowest BCUT2D eigenvalue weighted by molar-refractivity contribution is -0.123. The summed E-state index contributed by atoms with van der Waals surface area (Å²) in [5.41, 5.74) is 3.38. The van der Waals surface area contributed by atoms with Crippen molar-refractivity contribution < 1.29 is 13.9 Å². The van der Waals surface area contributed by atoms with Gasteiger partial charge in [0.1, 0.15) is 10.8 Å². The number of hydrogen-bond acceptors (Lipinski definition) is 4. The summed E-state index contributed by atoms with van der Waals surface area (Å²) in [6, 6.07) is 14.6. The minimum Gasteiger partial charge on any atom is -0.381 e. The fourth-order valence-corrected chi connectivity index (χ4v) is 4.57. The Labute approximate surface area is 173 Å². The molecule has 29 heavy (non-hydrogen) atoms. The molecular formula is C23H23FN2O2S. The molecule has 4 rings (SSSR count). The zero-order chi connectivity index (χ0) is 20.3. The summed E-state index contributed by atoms with van der Waals surface area (Å²) in [5.74, 6) is -0.370. The molecule has 1 aromatic heterocycles. The molecule has 2 heterocycles. The molecule has 1 aliphatic heterocycles. The Kier molecular flexibility index (Phi) is 5.74. The van der Waals surface area contributed by atoms with Crippen LogP contribution in [0.5, 0.6) is 0 Å². The van der Waals surface area contributed by atoms with E-state index in [1.165, 1.54) is 17.7 Å². The van der Waals surface area contributed by atoms with E-state index < -0.39 is 5.54 Å². The Morgan fingerprint density at radius 1 is 1.21 bits per heavy atom. The molecule has 1 saturated heterocycles. The third-order valence-corrected chi connectivity index (χ3v) is 6.22. The van der Waals surface area contributed by atoms with Gasteiger partial charge >= 0.3 is 0 Å². The average molecular weight is 411 g/mol. The van der Waals surface area contributed by atoms with Crippen LogP contribution in [0, 0.1) is 12.7 Å². The summed E-state index contributed by atoms with van der Waals surface area (Å²) >= 11 is 1.54. The molecule has 2 aromatic carbocycles. The van der Waals surface area contributed by atoms with Gasteiger partial charge < -0.3 is 10.1 Å². The minimum absolute atomic E-state index is 0.0858. The van der Waals surface area contributed by atoms with E-state index in [2.05, 4.69) is 16.4 Å². The topological polar surface area (TPSA) is 51.2 Å². The van der Waals surface area contributed by atoms with Crippen molar-refractivity contribution in [3.8, 4) is 10.6 Å². The molecule has 1 amide bonds. The number of nitrogens with one attached hydrogen (secondary N) is 1. The predicted octanol–water partition coefficient (Wildman–Crippen LogP) is 4.62. The van der Waals surface area contributed by atoms with Crippen LogP contribution in [0.1, 0.15) is 29.7 Å². The van der Waals surface area contributed by atoms with Gasteiger partial charge in [0.15, 0.2) is 0 Å². The normalized spacial score (nSPS) is 15.8. The van der Waals surface area contributed by atoms with Crippen molar-refractivity contribution in [2.75, 3.05) is 13.2 Å². The molecule has 0 spiro atoms. The van der Waals surface area contributed by atoms with Gasteiger partial charge in [-0.3, -0.25) is 4.79 Å². The number of benzene rings is 2. The van der Waals surface area contributed by atoms with Crippen LogP contribution < -0.4 is 5.32 Å². The Hall–Kier alpha value is -2.57. The third-order valence-electron chi connectivity index (χ3n) is 5.28. The highest BCUT2D eigenvalue weighted by molar-refractivity contribution is 7.13. The van der Waals surface area contributed by atoms with Crippen LogP contribution in [0.4, 0.5) is 4.39 Å². The second-order valence-electron chi connectivity index (χ2n) is 7.44. The van der Waals surface area contributed by atoms with Crippen molar-refractivity contribution in [2.24, 2.45) is 0 Å². The monoisotopic (exact) mass is 410 g/mol. The first-order valence-electron chi connectivity index (χ1n) is 9.70. The maximum Gasteiger partial charge on any atom is 0.226 e. The van der Waals surface area contributed by atoms with E-state index in [0.717, 1.165) is 21.8 Å². The molecule has 0 aliphatic carbocycles. The number of aryl methyl sites for hydroxylation is 1. The summed E-state index contributed by atoms with van der Waals surface area (Å²) < 4.78 is 18.9. The molecule has 0 unspecified atom stereocenters. The molecule has 0 saturated carbocycles. The highest BCUT2D eigenvalue weighted by Gasteiger charge is 2.36. The maximum atomic E-state index is 13.4. The van der Waals surface area contributed by atoms with Gasteiger partial charge in [0.05, 0.1) is 17.7 Å². The summed E-state index contributed by atoms with van der Waals surface area (Å²) in [5, 5.41) is 6.05. The Balaban J connectivity index is 1.49. The second kappa shape index (κ2) is 8.43. The number of nitrogens with zero attached hydrogens (tertiary/aromatic N) is 1. The summed E-state index contributed by atoms with van der Waals surface area (Å²) in [7, 11) is 0. The van der Waals surface area contributed by atoms with Crippen molar-refractivity contribution in [2.45, 2.75) is 31.7 Å². The van der Waals surface area contributed by atoms with Gasteiger partial charge in [-0.15, -0.1) is 11.3 Å². The number of carbonyl (C=O) groups excluding carboxylic acids is 1. The highest BCUT2D eigenvalue weighted by Crippen LogP contribution is 2.32. The molecule has 3 aromatic rings. The van der Waals surface area contributed by atoms with Crippen molar-refractivity contribution in [3.05, 3.63) is 76.5 Å². The maximum absolute atomic E-state index is 13.4. The van der Waals surface area contributed by atoms with E-state index in [0.29, 0.717) is 26.1 Å². The van der Waals surface area contributed by atoms with E-state index >= 15 is 0 Å². The first-order valence-corrected chi connectivity index (χ1v) is 10.6. The first-order chi connectivity index (χ1) is 14.0. The second-order valence-corrected chi connectivity index (χ2v) is 8.30. The van der Waals surface area contributed by atoms with Crippen LogP contribution in [0.3, 0.4) is 0 Å². The molecule has 1 N–H and O–H groups in total. The quantitative estimate of drug-likeness (QED) is 0.668. The molecule has 6 heteroatoms. The van der Waals surface area contributed by atoms with Gasteiger partial charge in [0.25, 0.3) is 0 Å². The fraction of sp³-hybridized carbons (Fsp3) is 0.304. The van der Waals surface area contributed by atoms with Crippen molar-refractivity contribution in [1.82, 2.24) is 10.3 Å². The standard InChI is InChI=1S/C23H23FN2O2S/c1-16-3-2-4-17(13-16)22-25-20(15-29-22)14-21(27)26-23(9-11-28-12-10-23)18-5-7-19(24)8-6-18/h2-8,13,15H,9-12,14H2,1H3,(H,26,27). The molecule has 1 fully saturated rings. The van der Waals surface area contributed by atoms with Crippen LogP contribution in [0.2, 0.25) is 0 Å². The number of ether oxygens (including phenoxy) is 1. The molecular weight excluding hydrogens is 387 g/mol. The van der Waals surface area contributed by atoms with Gasteiger partial charge in [-0.2, -0.15) is 0 Å². The Morgan fingerprint density at radius 3 is 2.69 bits per heavy atom. The number of aromatic nitrogens is 1. The highest BCUT2D eigenvalue weighted by atomic mass is 32.1. The van der Waals surface area contributed by atoms with Crippen LogP contribution in [-0.2, 0) is 21.5 Å². The number of carbonyl (C=O) groups is 1. The van der Waals surface area contributed by atoms with Crippen LogP contribution in [0.25, 0.3) is 10.6 Å². The lowest BCUT2D eigenvalue weighted by atomic mass is 9.82. The third kappa shape index (κ3) is 4.54. The zero-order valence-electron chi connectivity index (χ0n) is 16.3. The number of thiazole rings is 1. The van der Waals surface area contributed by atoms with E-state index in [-0.39, 0.29) is 18.1 Å². The lowest BCUT2D eigenvalue weighted by Gasteiger charge is -2.38. The van der Waals surface area contributed by atoms with Gasteiger partial charge in [-0.1, -0.05) is 35.9 Å². The first kappa shape index (κ1) is 19.7. The molecule has 0 atom stereocenters. The number of halogens is 1. The zero-order valence-corrected chi connectivity index (χ0v) is 17.1. The van der Waals surface area contributed by atoms with Crippen molar-refractivity contribution >= 4 is 17.2 Å². The number of amides is 1. The van der Waals surface area contributed by atoms with E-state index in [9.17, 15) is 9.18 Å². The van der Waals surface area contributed by atoms with Gasteiger partial charge in [-0.05, 0) is 43.5 Å². The van der Waals surface area contributed by atoms with E-state index in [1.807, 2.05) is 30.5 Å². The van der Waals surface area contributed by atoms with Crippen LogP contribution >= 0.6 is 11.3 Å². The van der Waals surface area contributed by atoms with Crippen molar-refractivity contribution in [3.63, 3.8) is 0 Å².